The van der Waals surface area contributed by atoms with Crippen molar-refractivity contribution in [2.45, 2.75) is 38.0 Å². The summed E-state index contributed by atoms with van der Waals surface area (Å²) in [6, 6.07) is 3.97. The van der Waals surface area contributed by atoms with Crippen molar-refractivity contribution in [3.05, 3.63) is 47.4 Å². The Morgan fingerprint density at radius 3 is 2.96 bits per heavy atom. The number of amides is 1. The number of thiophene rings is 2. The highest BCUT2D eigenvalue weighted by Crippen LogP contribution is 2.33. The van der Waals surface area contributed by atoms with Gasteiger partial charge in [-0.2, -0.15) is 0 Å². The number of aromatic nitrogens is 2. The number of fused-ring (bicyclic) bond motifs is 3. The van der Waals surface area contributed by atoms with Gasteiger partial charge < -0.3 is 10.3 Å². The molecular weight excluding hydrogens is 466 g/mol. The van der Waals surface area contributed by atoms with Gasteiger partial charge in [0.25, 0.3) is 5.56 Å². The molecule has 0 bridgehead atoms. The molecule has 5 nitrogen and oxygen atoms in total. The summed E-state index contributed by atoms with van der Waals surface area (Å²) in [6.45, 7) is 0.539. The third-order valence-electron chi connectivity index (χ3n) is 4.43. The Labute approximate surface area is 177 Å². The summed E-state index contributed by atoms with van der Waals surface area (Å²) in [5.41, 5.74) is 1.16. The van der Waals surface area contributed by atoms with Crippen LogP contribution in [0.5, 0.6) is 0 Å². The van der Waals surface area contributed by atoms with E-state index in [0.29, 0.717) is 23.9 Å². The van der Waals surface area contributed by atoms with Crippen LogP contribution in [0, 0.1) is 0 Å². The van der Waals surface area contributed by atoms with E-state index in [1.807, 2.05) is 12.1 Å². The molecule has 0 atom stereocenters. The van der Waals surface area contributed by atoms with Crippen LogP contribution in [-0.2, 0) is 29.9 Å². The second-order valence-electron chi connectivity index (χ2n) is 6.38. The summed E-state index contributed by atoms with van der Waals surface area (Å²) in [7, 11) is 0. The monoisotopic (exact) mass is 483 g/mol. The molecule has 3 aromatic heterocycles. The van der Waals surface area contributed by atoms with Gasteiger partial charge in [0.15, 0.2) is 0 Å². The molecule has 0 aliphatic heterocycles. The van der Waals surface area contributed by atoms with Gasteiger partial charge in [-0.25, -0.2) is 4.98 Å². The van der Waals surface area contributed by atoms with E-state index in [9.17, 15) is 9.59 Å². The quantitative estimate of drug-likeness (QED) is 0.549. The molecule has 0 radical (unpaired) electrons. The van der Waals surface area contributed by atoms with E-state index in [1.165, 1.54) is 28.6 Å². The van der Waals surface area contributed by atoms with Gasteiger partial charge in [-0.3, -0.25) is 9.59 Å². The van der Waals surface area contributed by atoms with Crippen LogP contribution in [-0.4, -0.2) is 21.6 Å². The number of carbonyl (C=O) groups is 1. The van der Waals surface area contributed by atoms with Crippen molar-refractivity contribution in [2.75, 3.05) is 5.75 Å². The van der Waals surface area contributed by atoms with Crippen molar-refractivity contribution in [2.24, 2.45) is 0 Å². The van der Waals surface area contributed by atoms with Crippen molar-refractivity contribution in [3.63, 3.8) is 0 Å². The van der Waals surface area contributed by atoms with Crippen LogP contribution in [0.1, 0.15) is 34.0 Å². The molecule has 0 spiro atoms. The average Bonchev–Trinajstić information content (AvgIpc) is 3.23. The first kappa shape index (κ1) is 19.2. The number of aryl methyl sites for hydroxylation is 2. The van der Waals surface area contributed by atoms with Gasteiger partial charge in [-0.1, -0.05) is 0 Å². The SMILES string of the molecule is O=C(CSCc1nc2sc3c(c2c(=O)[nH]1)CCCC3)NCc1ccc(Br)s1. The number of carbonyl (C=O) groups excluding carboxylic acids is 1. The van der Waals surface area contributed by atoms with Crippen molar-refractivity contribution in [1.82, 2.24) is 15.3 Å². The van der Waals surface area contributed by atoms with Crippen LogP contribution in [0.2, 0.25) is 0 Å². The first-order valence-electron chi connectivity index (χ1n) is 8.72. The molecule has 1 amide bonds. The second-order valence-corrected chi connectivity index (χ2v) is 11.0. The summed E-state index contributed by atoms with van der Waals surface area (Å²) in [5.74, 6) is 1.49. The van der Waals surface area contributed by atoms with Crippen molar-refractivity contribution in [3.8, 4) is 0 Å². The Morgan fingerprint density at radius 1 is 1.30 bits per heavy atom. The number of hydrogen-bond donors (Lipinski definition) is 2. The largest absolute Gasteiger partial charge is 0.350 e. The fraction of sp³-hybridized carbons (Fsp3) is 0.389. The zero-order valence-electron chi connectivity index (χ0n) is 14.5. The van der Waals surface area contributed by atoms with Crippen LogP contribution >= 0.6 is 50.4 Å². The minimum Gasteiger partial charge on any atom is -0.350 e. The van der Waals surface area contributed by atoms with E-state index < -0.39 is 0 Å². The Bertz CT molecular complexity index is 1040. The standard InChI is InChI=1S/C18H18BrN3O2S3/c19-13-6-5-10(26-13)7-20-15(23)9-25-8-14-21-17(24)16-11-3-1-2-4-12(11)27-18(16)22-14/h5-6H,1-4,7-9H2,(H,20,23)(H,21,22,24). The van der Waals surface area contributed by atoms with Gasteiger partial charge in [-0.15, -0.1) is 34.4 Å². The molecule has 0 unspecified atom stereocenters. The maximum atomic E-state index is 12.5. The molecule has 4 rings (SSSR count). The number of hydrogen-bond acceptors (Lipinski definition) is 6. The Balaban J connectivity index is 1.35. The van der Waals surface area contributed by atoms with E-state index in [4.69, 9.17) is 0 Å². The summed E-state index contributed by atoms with van der Waals surface area (Å²) in [5, 5.41) is 3.69. The third-order valence-corrected chi connectivity index (χ3v) is 8.19. The Kier molecular flexibility index (Phi) is 6.01. The molecule has 0 aromatic carbocycles. The van der Waals surface area contributed by atoms with E-state index in [1.54, 1.807) is 22.7 Å². The summed E-state index contributed by atoms with van der Waals surface area (Å²) >= 11 is 8.14. The predicted octanol–water partition coefficient (Wildman–Crippen LogP) is 4.24. The van der Waals surface area contributed by atoms with Gasteiger partial charge in [0.2, 0.25) is 5.91 Å². The Morgan fingerprint density at radius 2 is 2.15 bits per heavy atom. The predicted molar refractivity (Wildman–Crippen MR) is 117 cm³/mol. The fourth-order valence-electron chi connectivity index (χ4n) is 3.20. The minimum atomic E-state index is -0.0391. The zero-order chi connectivity index (χ0) is 18.8. The molecule has 2 N–H and O–H groups in total. The topological polar surface area (TPSA) is 74.8 Å². The van der Waals surface area contributed by atoms with Crippen molar-refractivity contribution < 1.29 is 4.79 Å². The van der Waals surface area contributed by atoms with E-state index in [-0.39, 0.29) is 11.5 Å². The molecular formula is C18H18BrN3O2S3. The zero-order valence-corrected chi connectivity index (χ0v) is 18.5. The number of aromatic amines is 1. The number of nitrogens with zero attached hydrogens (tertiary/aromatic N) is 1. The lowest BCUT2D eigenvalue weighted by Gasteiger charge is -2.09. The van der Waals surface area contributed by atoms with Gasteiger partial charge in [0.1, 0.15) is 10.7 Å². The van der Waals surface area contributed by atoms with Crippen molar-refractivity contribution in [1.29, 1.82) is 0 Å². The second kappa shape index (κ2) is 8.46. The van der Waals surface area contributed by atoms with Gasteiger partial charge in [0, 0.05) is 9.75 Å². The van der Waals surface area contributed by atoms with E-state index in [2.05, 4.69) is 31.2 Å². The number of nitrogens with one attached hydrogen (secondary N) is 2. The van der Waals surface area contributed by atoms with Crippen LogP contribution in [0.3, 0.4) is 0 Å². The molecule has 3 heterocycles. The van der Waals surface area contributed by atoms with Gasteiger partial charge in [-0.05, 0) is 59.3 Å². The number of thioether (sulfide) groups is 1. The smallest absolute Gasteiger partial charge is 0.259 e. The number of H-pyrrole nitrogens is 1. The highest BCUT2D eigenvalue weighted by molar-refractivity contribution is 9.11. The molecule has 1 aliphatic rings. The number of halogens is 1. The first-order valence-corrected chi connectivity index (χ1v) is 12.3. The van der Waals surface area contributed by atoms with Crippen molar-refractivity contribution >= 4 is 66.5 Å². The van der Waals surface area contributed by atoms with Gasteiger partial charge in [0.05, 0.1) is 27.2 Å². The summed E-state index contributed by atoms with van der Waals surface area (Å²) in [4.78, 5) is 35.3. The minimum absolute atomic E-state index is 0.0143. The summed E-state index contributed by atoms with van der Waals surface area (Å²) < 4.78 is 1.06. The Hall–Kier alpha value is -1.16. The average molecular weight is 484 g/mol. The third kappa shape index (κ3) is 4.47. The molecule has 9 heteroatoms. The fourth-order valence-corrected chi connectivity index (χ4v) is 6.62. The summed E-state index contributed by atoms with van der Waals surface area (Å²) in [6.07, 6.45) is 4.38. The lowest BCUT2D eigenvalue weighted by Crippen LogP contribution is -2.24. The molecule has 3 aromatic rings. The molecule has 1 aliphatic carbocycles. The molecule has 0 saturated carbocycles. The molecule has 0 saturated heterocycles. The highest BCUT2D eigenvalue weighted by Gasteiger charge is 2.19. The lowest BCUT2D eigenvalue weighted by molar-refractivity contribution is -0.118. The van der Waals surface area contributed by atoms with E-state index >= 15 is 0 Å². The first-order chi connectivity index (χ1) is 13.1. The van der Waals surface area contributed by atoms with Crippen LogP contribution in [0.25, 0.3) is 10.2 Å². The van der Waals surface area contributed by atoms with Crippen LogP contribution in [0.15, 0.2) is 20.7 Å². The van der Waals surface area contributed by atoms with Crippen LogP contribution in [0.4, 0.5) is 0 Å². The van der Waals surface area contributed by atoms with Crippen LogP contribution < -0.4 is 10.9 Å². The molecule has 27 heavy (non-hydrogen) atoms. The lowest BCUT2D eigenvalue weighted by atomic mass is 9.97. The maximum absolute atomic E-state index is 12.5. The maximum Gasteiger partial charge on any atom is 0.259 e. The highest BCUT2D eigenvalue weighted by atomic mass is 79.9. The van der Waals surface area contributed by atoms with Gasteiger partial charge >= 0.3 is 0 Å². The number of rotatable bonds is 6. The van der Waals surface area contributed by atoms with E-state index in [0.717, 1.165) is 38.1 Å². The molecule has 142 valence electrons. The normalized spacial score (nSPS) is 13.7. The molecule has 0 fully saturated rings.